The van der Waals surface area contributed by atoms with Gasteiger partial charge in [-0.2, -0.15) is 10.4 Å². The first-order valence-corrected chi connectivity index (χ1v) is 7.72. The summed E-state index contributed by atoms with van der Waals surface area (Å²) in [5.74, 6) is 1.71. The van der Waals surface area contributed by atoms with E-state index < -0.39 is 0 Å². The van der Waals surface area contributed by atoms with Crippen LogP contribution in [0.4, 0.5) is 11.6 Å². The van der Waals surface area contributed by atoms with Crippen molar-refractivity contribution >= 4 is 27.6 Å². The number of aromatic nitrogens is 2. The fourth-order valence-corrected chi connectivity index (χ4v) is 2.59. The van der Waals surface area contributed by atoms with Crippen molar-refractivity contribution in [3.63, 3.8) is 0 Å². The molecule has 0 saturated heterocycles. The van der Waals surface area contributed by atoms with E-state index in [1.54, 1.807) is 4.68 Å². The molecule has 1 aliphatic rings. The summed E-state index contributed by atoms with van der Waals surface area (Å²) in [4.78, 5) is 0. The SMILES string of the molecule is N#Cc1c(NCC2CC2)nn(Cc2ccccc2Br)c1N. The summed E-state index contributed by atoms with van der Waals surface area (Å²) < 4.78 is 2.68. The first kappa shape index (κ1) is 14.0. The summed E-state index contributed by atoms with van der Waals surface area (Å²) in [5, 5.41) is 17.0. The summed E-state index contributed by atoms with van der Waals surface area (Å²) in [7, 11) is 0. The van der Waals surface area contributed by atoms with Crippen molar-refractivity contribution in [2.24, 2.45) is 5.92 Å². The fraction of sp³-hybridized carbons (Fsp3) is 0.333. The zero-order valence-electron chi connectivity index (χ0n) is 11.5. The van der Waals surface area contributed by atoms with Crippen molar-refractivity contribution in [2.75, 3.05) is 17.6 Å². The molecule has 0 amide bonds. The van der Waals surface area contributed by atoms with E-state index in [0.717, 1.165) is 16.6 Å². The molecular formula is C15H16BrN5. The maximum Gasteiger partial charge on any atom is 0.168 e. The van der Waals surface area contributed by atoms with Gasteiger partial charge in [-0.3, -0.25) is 0 Å². The topological polar surface area (TPSA) is 79.7 Å². The first-order valence-electron chi connectivity index (χ1n) is 6.92. The van der Waals surface area contributed by atoms with Gasteiger partial charge in [0.15, 0.2) is 5.82 Å². The highest BCUT2D eigenvalue weighted by Crippen LogP contribution is 2.30. The van der Waals surface area contributed by atoms with Crippen LogP contribution in [0.25, 0.3) is 0 Å². The molecule has 3 rings (SSSR count). The summed E-state index contributed by atoms with van der Waals surface area (Å²) in [6, 6.07) is 10.1. The van der Waals surface area contributed by atoms with Crippen LogP contribution >= 0.6 is 15.9 Å². The lowest BCUT2D eigenvalue weighted by Crippen LogP contribution is -2.08. The molecule has 0 bridgehead atoms. The molecule has 6 heteroatoms. The summed E-state index contributed by atoms with van der Waals surface area (Å²) in [5.41, 5.74) is 7.56. The third kappa shape index (κ3) is 3.03. The van der Waals surface area contributed by atoms with E-state index in [2.05, 4.69) is 32.4 Å². The van der Waals surface area contributed by atoms with E-state index in [9.17, 15) is 5.26 Å². The van der Waals surface area contributed by atoms with Gasteiger partial charge in [0.05, 0.1) is 6.54 Å². The second-order valence-corrected chi connectivity index (χ2v) is 6.15. The number of hydrogen-bond donors (Lipinski definition) is 2. The minimum absolute atomic E-state index is 0.409. The van der Waals surface area contributed by atoms with Crippen LogP contribution in [0.2, 0.25) is 0 Å². The van der Waals surface area contributed by atoms with E-state index >= 15 is 0 Å². The molecule has 5 nitrogen and oxygen atoms in total. The zero-order valence-corrected chi connectivity index (χ0v) is 13.1. The maximum absolute atomic E-state index is 9.28. The van der Waals surface area contributed by atoms with Gasteiger partial charge in [0.1, 0.15) is 17.5 Å². The van der Waals surface area contributed by atoms with Gasteiger partial charge in [0, 0.05) is 11.0 Å². The van der Waals surface area contributed by atoms with E-state index in [4.69, 9.17) is 5.73 Å². The molecule has 0 spiro atoms. The Bertz CT molecular complexity index is 697. The normalized spacial score (nSPS) is 13.9. The van der Waals surface area contributed by atoms with Gasteiger partial charge in [-0.25, -0.2) is 4.68 Å². The van der Waals surface area contributed by atoms with E-state index in [1.165, 1.54) is 12.8 Å². The number of anilines is 2. The highest BCUT2D eigenvalue weighted by molar-refractivity contribution is 9.10. The first-order chi connectivity index (χ1) is 10.2. The Morgan fingerprint density at radius 2 is 2.19 bits per heavy atom. The molecule has 2 aromatic rings. The molecule has 0 atom stereocenters. The van der Waals surface area contributed by atoms with Gasteiger partial charge in [-0.15, -0.1) is 0 Å². The van der Waals surface area contributed by atoms with Crippen molar-refractivity contribution in [3.05, 3.63) is 39.9 Å². The minimum atomic E-state index is 0.409. The van der Waals surface area contributed by atoms with Gasteiger partial charge in [-0.05, 0) is 30.4 Å². The lowest BCUT2D eigenvalue weighted by molar-refractivity contribution is 0.695. The monoisotopic (exact) mass is 345 g/mol. The smallest absolute Gasteiger partial charge is 0.168 e. The predicted molar refractivity (Wildman–Crippen MR) is 85.8 cm³/mol. The Hall–Kier alpha value is -2.00. The van der Waals surface area contributed by atoms with Gasteiger partial charge >= 0.3 is 0 Å². The van der Waals surface area contributed by atoms with Crippen molar-refractivity contribution in [1.82, 2.24) is 9.78 Å². The van der Waals surface area contributed by atoms with Gasteiger partial charge in [0.2, 0.25) is 0 Å². The van der Waals surface area contributed by atoms with Crippen molar-refractivity contribution in [3.8, 4) is 6.07 Å². The Labute approximate surface area is 131 Å². The summed E-state index contributed by atoms with van der Waals surface area (Å²) in [6.45, 7) is 1.40. The molecule has 1 aromatic heterocycles. The molecule has 0 radical (unpaired) electrons. The van der Waals surface area contributed by atoms with Crippen LogP contribution in [0, 0.1) is 17.2 Å². The number of nitriles is 1. The Kier molecular flexibility index (Phi) is 3.84. The highest BCUT2D eigenvalue weighted by Gasteiger charge is 2.23. The number of hydrogen-bond acceptors (Lipinski definition) is 4. The van der Waals surface area contributed by atoms with E-state index in [-0.39, 0.29) is 0 Å². The van der Waals surface area contributed by atoms with Crippen LogP contribution < -0.4 is 11.1 Å². The average Bonchev–Trinajstić information content (AvgIpc) is 3.25. The van der Waals surface area contributed by atoms with Crippen LogP contribution in [0.5, 0.6) is 0 Å². The molecule has 1 fully saturated rings. The molecule has 21 heavy (non-hydrogen) atoms. The quantitative estimate of drug-likeness (QED) is 0.872. The predicted octanol–water partition coefficient (Wildman–Crippen LogP) is 2.97. The molecule has 1 saturated carbocycles. The standard InChI is InChI=1S/C15H16BrN5/c16-13-4-2-1-3-11(13)9-21-14(18)12(7-17)15(20-21)19-8-10-5-6-10/h1-4,10H,5-6,8-9,18H2,(H,19,20). The van der Waals surface area contributed by atoms with Gasteiger partial charge in [-0.1, -0.05) is 34.1 Å². The largest absolute Gasteiger partial charge is 0.383 e. The Morgan fingerprint density at radius 1 is 1.43 bits per heavy atom. The molecule has 0 aliphatic heterocycles. The molecule has 1 aromatic carbocycles. The molecule has 1 aliphatic carbocycles. The number of nitrogens with one attached hydrogen (secondary N) is 1. The van der Waals surface area contributed by atoms with Crippen LogP contribution in [-0.4, -0.2) is 16.3 Å². The molecule has 3 N–H and O–H groups in total. The molecule has 1 heterocycles. The number of nitrogens with two attached hydrogens (primary N) is 1. The van der Waals surface area contributed by atoms with Gasteiger partial charge < -0.3 is 11.1 Å². The number of benzene rings is 1. The van der Waals surface area contributed by atoms with E-state index in [1.807, 2.05) is 24.3 Å². The molecule has 0 unspecified atom stereocenters. The third-order valence-corrected chi connectivity index (χ3v) is 4.41. The van der Waals surface area contributed by atoms with Crippen LogP contribution in [-0.2, 0) is 6.54 Å². The van der Waals surface area contributed by atoms with Gasteiger partial charge in [0.25, 0.3) is 0 Å². The second-order valence-electron chi connectivity index (χ2n) is 5.29. The van der Waals surface area contributed by atoms with E-state index in [0.29, 0.717) is 29.7 Å². The van der Waals surface area contributed by atoms with Crippen LogP contribution in [0.15, 0.2) is 28.7 Å². The van der Waals surface area contributed by atoms with Crippen LogP contribution in [0.3, 0.4) is 0 Å². The number of nitrogens with zero attached hydrogens (tertiary/aromatic N) is 3. The molecule has 108 valence electrons. The van der Waals surface area contributed by atoms with Crippen molar-refractivity contribution in [1.29, 1.82) is 5.26 Å². The lowest BCUT2D eigenvalue weighted by atomic mass is 10.2. The summed E-state index contributed by atoms with van der Waals surface area (Å²) in [6.07, 6.45) is 2.50. The van der Waals surface area contributed by atoms with Crippen molar-refractivity contribution in [2.45, 2.75) is 19.4 Å². The third-order valence-electron chi connectivity index (χ3n) is 3.64. The number of nitrogen functional groups attached to an aromatic ring is 1. The Balaban J connectivity index is 1.84. The Morgan fingerprint density at radius 3 is 2.86 bits per heavy atom. The highest BCUT2D eigenvalue weighted by atomic mass is 79.9. The second kappa shape index (κ2) is 5.78. The number of halogens is 1. The summed E-state index contributed by atoms with van der Waals surface area (Å²) >= 11 is 3.52. The van der Waals surface area contributed by atoms with Crippen LogP contribution in [0.1, 0.15) is 24.0 Å². The minimum Gasteiger partial charge on any atom is -0.383 e. The molecular weight excluding hydrogens is 330 g/mol. The number of rotatable bonds is 5. The van der Waals surface area contributed by atoms with Crippen molar-refractivity contribution < 1.29 is 0 Å². The maximum atomic E-state index is 9.28. The lowest BCUT2D eigenvalue weighted by Gasteiger charge is -2.06. The zero-order chi connectivity index (χ0) is 14.8. The average molecular weight is 346 g/mol. The fourth-order valence-electron chi connectivity index (χ4n) is 2.18.